The second-order valence-corrected chi connectivity index (χ2v) is 3.12. The van der Waals surface area contributed by atoms with Crippen LogP contribution in [-0.4, -0.2) is 26.7 Å². The first-order valence-corrected chi connectivity index (χ1v) is 4.68. The second kappa shape index (κ2) is 5.13. The molecule has 1 atom stereocenters. The van der Waals surface area contributed by atoms with E-state index in [0.29, 0.717) is 6.42 Å². The predicted molar refractivity (Wildman–Crippen MR) is 49.3 cm³/mol. The van der Waals surface area contributed by atoms with Crippen molar-refractivity contribution in [3.63, 3.8) is 0 Å². The van der Waals surface area contributed by atoms with Gasteiger partial charge in [0.2, 0.25) is 0 Å². The lowest BCUT2D eigenvalue weighted by Crippen LogP contribution is -2.17. The van der Waals surface area contributed by atoms with E-state index in [1.807, 2.05) is 0 Å². The Bertz CT molecular complexity index is 312. The van der Waals surface area contributed by atoms with Crippen molar-refractivity contribution in [1.29, 1.82) is 0 Å². The number of aliphatic hydroxyl groups excluding tert-OH is 1. The van der Waals surface area contributed by atoms with Crippen LogP contribution in [0.2, 0.25) is 0 Å². The van der Waals surface area contributed by atoms with Gasteiger partial charge < -0.3 is 10.8 Å². The van der Waals surface area contributed by atoms with Gasteiger partial charge in [0.25, 0.3) is 6.43 Å². The van der Waals surface area contributed by atoms with Crippen molar-refractivity contribution in [2.45, 2.75) is 32.4 Å². The van der Waals surface area contributed by atoms with Crippen molar-refractivity contribution in [2.24, 2.45) is 5.73 Å². The molecule has 0 aliphatic carbocycles. The smallest absolute Gasteiger partial charge is 0.281 e. The summed E-state index contributed by atoms with van der Waals surface area (Å²) in [6, 6.07) is -0.471. The molecule has 7 heteroatoms. The Morgan fingerprint density at radius 3 is 2.60 bits per heavy atom. The molecular weight excluding hydrogens is 206 g/mol. The highest BCUT2D eigenvalue weighted by Gasteiger charge is 2.24. The number of aliphatic hydroxyl groups is 1. The maximum atomic E-state index is 12.7. The zero-order valence-electron chi connectivity index (χ0n) is 8.40. The number of nitrogens with zero attached hydrogens (tertiary/aromatic N) is 3. The van der Waals surface area contributed by atoms with Gasteiger partial charge in [0, 0.05) is 6.54 Å². The van der Waals surface area contributed by atoms with E-state index in [1.165, 1.54) is 0 Å². The van der Waals surface area contributed by atoms with Gasteiger partial charge in [0.15, 0.2) is 0 Å². The van der Waals surface area contributed by atoms with Crippen LogP contribution in [0.25, 0.3) is 0 Å². The number of alkyl halides is 2. The van der Waals surface area contributed by atoms with E-state index in [1.54, 1.807) is 6.92 Å². The van der Waals surface area contributed by atoms with Gasteiger partial charge in [-0.3, -0.25) is 0 Å². The Morgan fingerprint density at radius 2 is 2.20 bits per heavy atom. The zero-order valence-corrected chi connectivity index (χ0v) is 8.40. The summed E-state index contributed by atoms with van der Waals surface area (Å²) in [7, 11) is 0. The molecule has 1 heterocycles. The van der Waals surface area contributed by atoms with Gasteiger partial charge in [-0.05, 0) is 6.42 Å². The molecule has 0 saturated carbocycles. The summed E-state index contributed by atoms with van der Waals surface area (Å²) in [6.45, 7) is 1.45. The summed E-state index contributed by atoms with van der Waals surface area (Å²) < 4.78 is 26.5. The first-order chi connectivity index (χ1) is 7.15. The zero-order chi connectivity index (χ0) is 11.4. The standard InChI is InChI=1S/C8H14F2N4O/c1-2-5(4-15)14-7(8(9)10)6(3-11)12-13-14/h5,8,15H,2-4,11H2,1H3. The predicted octanol–water partition coefficient (Wildman–Crippen LogP) is 0.618. The lowest BCUT2D eigenvalue weighted by Gasteiger charge is -2.14. The largest absolute Gasteiger partial charge is 0.394 e. The fourth-order valence-corrected chi connectivity index (χ4v) is 1.35. The maximum Gasteiger partial charge on any atom is 0.281 e. The van der Waals surface area contributed by atoms with Gasteiger partial charge >= 0.3 is 0 Å². The molecule has 0 aliphatic rings. The van der Waals surface area contributed by atoms with Crippen LogP contribution < -0.4 is 5.73 Å². The molecule has 5 nitrogen and oxygen atoms in total. The Labute approximate surface area is 85.9 Å². The summed E-state index contributed by atoms with van der Waals surface area (Å²) in [6.07, 6.45) is -2.18. The van der Waals surface area contributed by atoms with E-state index in [-0.39, 0.29) is 24.5 Å². The summed E-state index contributed by atoms with van der Waals surface area (Å²) >= 11 is 0. The number of hydrogen-bond acceptors (Lipinski definition) is 4. The first-order valence-electron chi connectivity index (χ1n) is 4.68. The topological polar surface area (TPSA) is 77.0 Å². The monoisotopic (exact) mass is 220 g/mol. The average Bonchev–Trinajstić information content (AvgIpc) is 2.63. The van der Waals surface area contributed by atoms with Crippen LogP contribution in [-0.2, 0) is 6.54 Å². The Kier molecular flexibility index (Phi) is 4.10. The fraction of sp³-hybridized carbons (Fsp3) is 0.750. The van der Waals surface area contributed by atoms with Gasteiger partial charge in [-0.1, -0.05) is 12.1 Å². The molecule has 3 N–H and O–H groups in total. The van der Waals surface area contributed by atoms with Gasteiger partial charge in [0.1, 0.15) is 11.4 Å². The summed E-state index contributed by atoms with van der Waals surface area (Å²) in [4.78, 5) is 0. The summed E-state index contributed by atoms with van der Waals surface area (Å²) in [5, 5.41) is 16.2. The third kappa shape index (κ3) is 2.29. The number of hydrogen-bond donors (Lipinski definition) is 2. The highest BCUT2D eigenvalue weighted by Crippen LogP contribution is 2.24. The minimum Gasteiger partial charge on any atom is -0.394 e. The molecule has 1 rings (SSSR count). The number of halogens is 2. The van der Waals surface area contributed by atoms with Crippen LogP contribution in [0.5, 0.6) is 0 Å². The van der Waals surface area contributed by atoms with Gasteiger partial charge in [-0.15, -0.1) is 5.10 Å². The highest BCUT2D eigenvalue weighted by molar-refractivity contribution is 5.12. The summed E-state index contributed by atoms with van der Waals surface area (Å²) in [5.74, 6) is 0. The summed E-state index contributed by atoms with van der Waals surface area (Å²) in [5.41, 5.74) is 5.06. The Morgan fingerprint density at radius 1 is 1.53 bits per heavy atom. The van der Waals surface area contributed by atoms with Crippen LogP contribution in [0.1, 0.15) is 37.2 Å². The third-order valence-corrected chi connectivity index (χ3v) is 2.23. The molecule has 0 spiro atoms. The molecule has 86 valence electrons. The van der Waals surface area contributed by atoms with Crippen LogP contribution in [0.3, 0.4) is 0 Å². The molecule has 15 heavy (non-hydrogen) atoms. The van der Waals surface area contributed by atoms with E-state index in [2.05, 4.69) is 10.3 Å². The van der Waals surface area contributed by atoms with Crippen LogP contribution in [0.15, 0.2) is 0 Å². The number of rotatable bonds is 5. The molecule has 0 aromatic carbocycles. The SMILES string of the molecule is CCC(CO)n1nnc(CN)c1C(F)F. The van der Waals surface area contributed by atoms with Crippen molar-refractivity contribution in [3.8, 4) is 0 Å². The quantitative estimate of drug-likeness (QED) is 0.762. The van der Waals surface area contributed by atoms with Crippen LogP contribution in [0.4, 0.5) is 8.78 Å². The maximum absolute atomic E-state index is 12.7. The molecule has 0 aliphatic heterocycles. The van der Waals surface area contributed by atoms with Crippen molar-refractivity contribution in [1.82, 2.24) is 15.0 Å². The van der Waals surface area contributed by atoms with Crippen molar-refractivity contribution >= 4 is 0 Å². The van der Waals surface area contributed by atoms with E-state index < -0.39 is 12.5 Å². The van der Waals surface area contributed by atoms with E-state index in [0.717, 1.165) is 4.68 Å². The minimum atomic E-state index is -2.68. The normalized spacial score (nSPS) is 13.5. The molecule has 1 aromatic heterocycles. The molecule has 0 bridgehead atoms. The first kappa shape index (κ1) is 12.0. The molecule has 0 amide bonds. The number of aromatic nitrogens is 3. The van der Waals surface area contributed by atoms with E-state index in [9.17, 15) is 8.78 Å². The van der Waals surface area contributed by atoms with Gasteiger partial charge in [-0.2, -0.15) is 0 Å². The van der Waals surface area contributed by atoms with Crippen molar-refractivity contribution in [3.05, 3.63) is 11.4 Å². The van der Waals surface area contributed by atoms with Crippen LogP contribution >= 0.6 is 0 Å². The van der Waals surface area contributed by atoms with Gasteiger partial charge in [0.05, 0.1) is 12.6 Å². The molecule has 0 fully saturated rings. The van der Waals surface area contributed by atoms with Crippen molar-refractivity contribution < 1.29 is 13.9 Å². The molecular formula is C8H14F2N4O. The Hall–Kier alpha value is -1.08. The number of nitrogens with two attached hydrogens (primary N) is 1. The lowest BCUT2D eigenvalue weighted by molar-refractivity contribution is 0.126. The Balaban J connectivity index is 3.11. The third-order valence-electron chi connectivity index (χ3n) is 2.23. The van der Waals surface area contributed by atoms with E-state index >= 15 is 0 Å². The van der Waals surface area contributed by atoms with Crippen LogP contribution in [0, 0.1) is 0 Å². The molecule has 0 saturated heterocycles. The van der Waals surface area contributed by atoms with Gasteiger partial charge in [-0.25, -0.2) is 13.5 Å². The van der Waals surface area contributed by atoms with Crippen molar-refractivity contribution in [2.75, 3.05) is 6.61 Å². The lowest BCUT2D eigenvalue weighted by atomic mass is 10.2. The average molecular weight is 220 g/mol. The molecule has 1 aromatic rings. The fourth-order valence-electron chi connectivity index (χ4n) is 1.35. The second-order valence-electron chi connectivity index (χ2n) is 3.12. The molecule has 0 radical (unpaired) electrons. The minimum absolute atomic E-state index is 0.0805. The molecule has 1 unspecified atom stereocenters. The highest BCUT2D eigenvalue weighted by atomic mass is 19.3. The van der Waals surface area contributed by atoms with E-state index in [4.69, 9.17) is 10.8 Å².